The van der Waals surface area contributed by atoms with Gasteiger partial charge in [0.15, 0.2) is 0 Å². The van der Waals surface area contributed by atoms with Crippen molar-refractivity contribution in [1.82, 2.24) is 4.98 Å². The monoisotopic (exact) mass is 310 g/mol. The summed E-state index contributed by atoms with van der Waals surface area (Å²) in [5, 5.41) is 11.1. The van der Waals surface area contributed by atoms with Crippen molar-refractivity contribution in [2.45, 2.75) is 33.2 Å². The maximum absolute atomic E-state index is 8.54. The van der Waals surface area contributed by atoms with E-state index in [4.69, 9.17) is 19.6 Å². The number of ether oxygens (including phenoxy) is 3. The molecule has 0 aromatic carbocycles. The molecule has 6 heteroatoms. The summed E-state index contributed by atoms with van der Waals surface area (Å²) in [4.78, 5) is 4.26. The maximum atomic E-state index is 8.54. The van der Waals surface area contributed by atoms with Crippen LogP contribution in [0.4, 0.5) is 0 Å². The zero-order valence-corrected chi connectivity index (χ0v) is 13.5. The van der Waals surface area contributed by atoms with Crippen molar-refractivity contribution in [2.75, 3.05) is 19.8 Å². The van der Waals surface area contributed by atoms with Crippen LogP contribution in [0.5, 0.6) is 0 Å². The van der Waals surface area contributed by atoms with Gasteiger partial charge in [-0.3, -0.25) is 0 Å². The fourth-order valence-corrected chi connectivity index (χ4v) is 3.43. The van der Waals surface area contributed by atoms with Crippen molar-refractivity contribution in [3.8, 4) is 0 Å². The molecule has 3 aliphatic rings. The number of nitrogens with zero attached hydrogens (tertiary/aromatic N) is 1. The molecule has 3 aliphatic heterocycles. The highest BCUT2D eigenvalue weighted by atomic mass is 32.1. The molecule has 1 N–H and O–H groups in total. The van der Waals surface area contributed by atoms with Crippen LogP contribution in [-0.2, 0) is 14.2 Å². The second-order valence-electron chi connectivity index (χ2n) is 6.71. The van der Waals surface area contributed by atoms with E-state index in [9.17, 15) is 0 Å². The van der Waals surface area contributed by atoms with Crippen LogP contribution < -0.4 is 0 Å². The summed E-state index contributed by atoms with van der Waals surface area (Å²) in [7, 11) is 0. The van der Waals surface area contributed by atoms with Crippen LogP contribution >= 0.6 is 11.3 Å². The van der Waals surface area contributed by atoms with Crippen molar-refractivity contribution in [3.05, 3.63) is 16.6 Å². The molecule has 0 saturated carbocycles. The molecule has 2 bridgehead atoms. The summed E-state index contributed by atoms with van der Waals surface area (Å²) in [5.41, 5.74) is 0.386. The average molecular weight is 310 g/mol. The Morgan fingerprint density at radius 2 is 1.95 bits per heavy atom. The van der Waals surface area contributed by atoms with Crippen molar-refractivity contribution in [2.24, 2.45) is 17.3 Å². The van der Waals surface area contributed by atoms with Crippen LogP contribution in [0.2, 0.25) is 0 Å². The molecule has 1 aromatic rings. The zero-order valence-electron chi connectivity index (χ0n) is 12.7. The smallest absolute Gasteiger partial charge is 0.291 e. The minimum Gasteiger partial charge on any atom is -0.326 e. The zero-order chi connectivity index (χ0) is 15.1. The van der Waals surface area contributed by atoms with Gasteiger partial charge < -0.3 is 19.6 Å². The van der Waals surface area contributed by atoms with Gasteiger partial charge in [0.1, 0.15) is 5.01 Å². The average Bonchev–Trinajstić information content (AvgIpc) is 2.99. The Labute approximate surface area is 129 Å². The standard InChI is InChI=1S/C15H22N2O3S/c1-10(2)6-11(12(16)13-17-4-5-21-13)15-18-7-14(3,8-19-15)9-20-15/h4-5,10-11,16H,6-9H2,1-3H3. The predicted molar refractivity (Wildman–Crippen MR) is 80.6 cm³/mol. The van der Waals surface area contributed by atoms with Crippen molar-refractivity contribution >= 4 is 17.0 Å². The van der Waals surface area contributed by atoms with E-state index in [1.807, 2.05) is 5.38 Å². The van der Waals surface area contributed by atoms with E-state index in [0.717, 1.165) is 6.42 Å². The first kappa shape index (κ1) is 15.1. The molecule has 0 amide bonds. The normalized spacial score (nSPS) is 33.3. The van der Waals surface area contributed by atoms with Gasteiger partial charge in [0.2, 0.25) is 0 Å². The topological polar surface area (TPSA) is 64.4 Å². The van der Waals surface area contributed by atoms with E-state index < -0.39 is 5.97 Å². The molecule has 3 fully saturated rings. The lowest BCUT2D eigenvalue weighted by molar-refractivity contribution is -0.477. The van der Waals surface area contributed by atoms with Gasteiger partial charge in [-0.1, -0.05) is 20.8 Å². The first-order chi connectivity index (χ1) is 9.94. The Morgan fingerprint density at radius 1 is 1.33 bits per heavy atom. The van der Waals surface area contributed by atoms with Crippen LogP contribution in [0.3, 0.4) is 0 Å². The largest absolute Gasteiger partial charge is 0.326 e. The van der Waals surface area contributed by atoms with E-state index in [1.54, 1.807) is 6.20 Å². The fraction of sp³-hybridized carbons (Fsp3) is 0.733. The van der Waals surface area contributed by atoms with E-state index in [2.05, 4.69) is 25.8 Å². The van der Waals surface area contributed by atoms with Gasteiger partial charge in [-0.25, -0.2) is 4.98 Å². The molecule has 4 rings (SSSR count). The highest BCUT2D eigenvalue weighted by Gasteiger charge is 2.56. The Bertz CT molecular complexity index is 490. The summed E-state index contributed by atoms with van der Waals surface area (Å²) >= 11 is 1.47. The number of hydrogen-bond donors (Lipinski definition) is 1. The fourth-order valence-electron chi connectivity index (χ4n) is 2.79. The number of nitrogens with one attached hydrogen (secondary N) is 1. The molecule has 1 atom stereocenters. The highest BCUT2D eigenvalue weighted by molar-refractivity contribution is 7.11. The Morgan fingerprint density at radius 3 is 2.43 bits per heavy atom. The molecule has 3 saturated heterocycles. The van der Waals surface area contributed by atoms with Crippen LogP contribution in [-0.4, -0.2) is 36.5 Å². The van der Waals surface area contributed by atoms with Crippen molar-refractivity contribution in [1.29, 1.82) is 5.41 Å². The van der Waals surface area contributed by atoms with Gasteiger partial charge in [-0.2, -0.15) is 0 Å². The van der Waals surface area contributed by atoms with Gasteiger partial charge >= 0.3 is 0 Å². The summed E-state index contributed by atoms with van der Waals surface area (Å²) in [6.45, 7) is 8.22. The van der Waals surface area contributed by atoms with Gasteiger partial charge in [0.25, 0.3) is 5.97 Å². The third-order valence-corrected chi connectivity index (χ3v) is 4.82. The molecule has 0 radical (unpaired) electrons. The maximum Gasteiger partial charge on any atom is 0.291 e. The lowest BCUT2D eigenvalue weighted by Gasteiger charge is -2.53. The molecule has 0 aliphatic carbocycles. The van der Waals surface area contributed by atoms with Crippen molar-refractivity contribution in [3.63, 3.8) is 0 Å². The number of aromatic nitrogens is 1. The SMILES string of the molecule is CC(C)CC(C(=N)c1nccs1)C12OCC(C)(CO1)CO2. The molecule has 4 heterocycles. The number of fused-ring (bicyclic) bond motifs is 3. The van der Waals surface area contributed by atoms with Gasteiger partial charge in [-0.15, -0.1) is 11.3 Å². The van der Waals surface area contributed by atoms with E-state index in [1.165, 1.54) is 11.3 Å². The van der Waals surface area contributed by atoms with E-state index in [-0.39, 0.29) is 11.3 Å². The third kappa shape index (κ3) is 2.77. The van der Waals surface area contributed by atoms with Gasteiger partial charge in [-0.05, 0) is 12.3 Å². The molecule has 5 nitrogen and oxygen atoms in total. The van der Waals surface area contributed by atoms with Crippen LogP contribution in [0.1, 0.15) is 32.2 Å². The second kappa shape index (κ2) is 5.43. The molecule has 0 spiro atoms. The summed E-state index contributed by atoms with van der Waals surface area (Å²) in [5.74, 6) is -0.950. The number of hydrogen-bond acceptors (Lipinski definition) is 6. The quantitative estimate of drug-likeness (QED) is 0.849. The lowest BCUT2D eigenvalue weighted by atomic mass is 9.85. The molecular weight excluding hydrogens is 288 g/mol. The Hall–Kier alpha value is -0.820. The summed E-state index contributed by atoms with van der Waals surface area (Å²) in [6, 6.07) is 0. The van der Waals surface area contributed by atoms with Gasteiger partial charge in [0.05, 0.1) is 31.5 Å². The highest BCUT2D eigenvalue weighted by Crippen LogP contribution is 2.44. The first-order valence-corrected chi connectivity index (χ1v) is 8.22. The Balaban J connectivity index is 1.87. The molecule has 21 heavy (non-hydrogen) atoms. The minimum atomic E-state index is -1.11. The number of rotatable bonds is 5. The molecule has 1 unspecified atom stereocenters. The second-order valence-corrected chi connectivity index (χ2v) is 7.61. The Kier molecular flexibility index (Phi) is 3.90. The summed E-state index contributed by atoms with van der Waals surface area (Å²) < 4.78 is 17.8. The van der Waals surface area contributed by atoms with Gasteiger partial charge in [0, 0.05) is 17.0 Å². The predicted octanol–water partition coefficient (Wildman–Crippen LogP) is 2.91. The van der Waals surface area contributed by atoms with E-state index >= 15 is 0 Å². The molecule has 1 aromatic heterocycles. The molecular formula is C15H22N2O3S. The summed E-state index contributed by atoms with van der Waals surface area (Å²) in [6.07, 6.45) is 2.50. The molecule has 116 valence electrons. The van der Waals surface area contributed by atoms with Crippen LogP contribution in [0.15, 0.2) is 11.6 Å². The van der Waals surface area contributed by atoms with Crippen molar-refractivity contribution < 1.29 is 14.2 Å². The lowest BCUT2D eigenvalue weighted by Crippen LogP contribution is -2.63. The van der Waals surface area contributed by atoms with Crippen LogP contribution in [0.25, 0.3) is 0 Å². The van der Waals surface area contributed by atoms with E-state index in [0.29, 0.717) is 36.5 Å². The minimum absolute atomic E-state index is 0.0620. The first-order valence-electron chi connectivity index (χ1n) is 7.34. The van der Waals surface area contributed by atoms with Crippen LogP contribution in [0, 0.1) is 22.7 Å². The third-order valence-electron chi connectivity index (χ3n) is 4.01. The number of thiazole rings is 1.